The van der Waals surface area contributed by atoms with E-state index in [4.69, 9.17) is 16.3 Å². The van der Waals surface area contributed by atoms with E-state index in [1.54, 1.807) is 24.3 Å². The summed E-state index contributed by atoms with van der Waals surface area (Å²) in [4.78, 5) is 42.5. The van der Waals surface area contributed by atoms with E-state index in [0.717, 1.165) is 5.56 Å². The third-order valence-corrected chi connectivity index (χ3v) is 8.04. The molecule has 5 rings (SSSR count). The fraction of sp³-hybridized carbons (Fsp3) is 0.444. The van der Waals surface area contributed by atoms with Crippen molar-refractivity contribution in [1.29, 1.82) is 0 Å². The number of likely N-dealkylation sites (tertiary alicyclic amines) is 1. The van der Waals surface area contributed by atoms with Gasteiger partial charge in [-0.3, -0.25) is 14.4 Å². The quantitative estimate of drug-likeness (QED) is 0.505. The van der Waals surface area contributed by atoms with Crippen LogP contribution < -0.4 is 10.6 Å². The molecule has 0 saturated carbocycles. The molecule has 3 heterocycles. The fourth-order valence-corrected chi connectivity index (χ4v) is 6.37. The van der Waals surface area contributed by atoms with Gasteiger partial charge in [-0.2, -0.15) is 0 Å². The summed E-state index contributed by atoms with van der Waals surface area (Å²) < 4.78 is 6.56. The predicted octanol–water partition coefficient (Wildman–Crippen LogP) is 2.74. The highest BCUT2D eigenvalue weighted by molar-refractivity contribution is 6.30. The maximum Gasteiger partial charge on any atom is 0.250 e. The van der Waals surface area contributed by atoms with Crippen LogP contribution in [0.25, 0.3) is 0 Å². The predicted molar refractivity (Wildman–Crippen MR) is 134 cm³/mol. The van der Waals surface area contributed by atoms with Crippen LogP contribution in [0.2, 0.25) is 5.02 Å². The van der Waals surface area contributed by atoms with Gasteiger partial charge in [-0.05, 0) is 56.0 Å². The van der Waals surface area contributed by atoms with E-state index < -0.39 is 29.1 Å². The van der Waals surface area contributed by atoms with E-state index in [-0.39, 0.29) is 30.9 Å². The van der Waals surface area contributed by atoms with Gasteiger partial charge in [-0.1, -0.05) is 41.9 Å². The molecule has 3 N–H and O–H groups in total. The summed E-state index contributed by atoms with van der Waals surface area (Å²) in [5.74, 6) is -2.38. The SMILES string of the molecule is C[C@@]12CCC3(O1)C(C(=O)Nc1ccc(Cl)cc1)N(CCCO)C(=O)[C@@H]3[C@@H]2C(=O)NCc1ccccc1. The smallest absolute Gasteiger partial charge is 0.250 e. The Hall–Kier alpha value is -2.94. The van der Waals surface area contributed by atoms with Gasteiger partial charge in [0.25, 0.3) is 0 Å². The maximum atomic E-state index is 13.8. The van der Waals surface area contributed by atoms with Gasteiger partial charge in [0.2, 0.25) is 17.7 Å². The van der Waals surface area contributed by atoms with Crippen molar-refractivity contribution in [3.05, 3.63) is 65.2 Å². The van der Waals surface area contributed by atoms with Gasteiger partial charge in [0.05, 0.1) is 17.4 Å². The number of hydrogen-bond donors (Lipinski definition) is 3. The highest BCUT2D eigenvalue weighted by Crippen LogP contribution is 2.63. The number of aliphatic hydroxyl groups is 1. The summed E-state index contributed by atoms with van der Waals surface area (Å²) in [7, 11) is 0. The van der Waals surface area contributed by atoms with Crippen LogP contribution in [0.3, 0.4) is 0 Å². The van der Waals surface area contributed by atoms with E-state index in [2.05, 4.69) is 10.6 Å². The second-order valence-corrected chi connectivity index (χ2v) is 10.5. The fourth-order valence-electron chi connectivity index (χ4n) is 6.25. The highest BCUT2D eigenvalue weighted by Gasteiger charge is 2.77. The zero-order chi connectivity index (χ0) is 25.5. The van der Waals surface area contributed by atoms with Crippen molar-refractivity contribution in [2.45, 2.75) is 50.0 Å². The van der Waals surface area contributed by atoms with Crippen LogP contribution in [0.5, 0.6) is 0 Å². The molecule has 8 nitrogen and oxygen atoms in total. The van der Waals surface area contributed by atoms with Gasteiger partial charge in [0.15, 0.2) is 0 Å². The molecule has 3 aliphatic heterocycles. The summed E-state index contributed by atoms with van der Waals surface area (Å²) in [5, 5.41) is 15.9. The average molecular weight is 512 g/mol. The first-order valence-electron chi connectivity index (χ1n) is 12.3. The van der Waals surface area contributed by atoms with Crippen LogP contribution in [-0.4, -0.2) is 58.1 Å². The van der Waals surface area contributed by atoms with Crippen molar-refractivity contribution < 1.29 is 24.2 Å². The van der Waals surface area contributed by atoms with E-state index in [1.165, 1.54) is 4.90 Å². The van der Waals surface area contributed by atoms with Gasteiger partial charge >= 0.3 is 0 Å². The lowest BCUT2D eigenvalue weighted by atomic mass is 9.66. The third-order valence-electron chi connectivity index (χ3n) is 7.79. The molecule has 190 valence electrons. The number of nitrogens with zero attached hydrogens (tertiary/aromatic N) is 1. The number of carbonyl (C=O) groups excluding carboxylic acids is 3. The largest absolute Gasteiger partial charge is 0.396 e. The van der Waals surface area contributed by atoms with Crippen molar-refractivity contribution in [3.63, 3.8) is 0 Å². The molecule has 5 atom stereocenters. The molecule has 3 fully saturated rings. The Balaban J connectivity index is 1.44. The number of amides is 3. The first kappa shape index (κ1) is 24.7. The van der Waals surface area contributed by atoms with E-state index in [9.17, 15) is 19.5 Å². The minimum atomic E-state index is -1.10. The number of halogens is 1. The number of ether oxygens (including phenoxy) is 1. The zero-order valence-corrected chi connectivity index (χ0v) is 20.8. The van der Waals surface area contributed by atoms with Crippen LogP contribution in [0.1, 0.15) is 31.7 Å². The second kappa shape index (κ2) is 9.50. The Bertz CT molecular complexity index is 1160. The van der Waals surface area contributed by atoms with Gasteiger partial charge < -0.3 is 25.4 Å². The molecule has 2 aromatic rings. The Morgan fingerprint density at radius 3 is 2.53 bits per heavy atom. The molecule has 36 heavy (non-hydrogen) atoms. The lowest BCUT2D eigenvalue weighted by Gasteiger charge is -2.33. The minimum absolute atomic E-state index is 0.119. The summed E-state index contributed by atoms with van der Waals surface area (Å²) in [6.07, 6.45) is 1.39. The van der Waals surface area contributed by atoms with Crippen LogP contribution in [0.4, 0.5) is 5.69 Å². The number of rotatable bonds is 8. The van der Waals surface area contributed by atoms with E-state index in [0.29, 0.717) is 36.5 Å². The van der Waals surface area contributed by atoms with Gasteiger partial charge in [0.1, 0.15) is 11.6 Å². The standard InChI is InChI=1S/C27H30ClN3O5/c1-26-12-13-27(36-26)21(20(26)23(33)29-16-17-6-3-2-4-7-17)25(35)31(14-5-15-32)22(27)24(34)30-19-10-8-18(28)9-11-19/h2-4,6-11,20-22,32H,5,12-16H2,1H3,(H,29,33)(H,30,34)/t20-,21+,22?,26+,27?/m1/s1. The number of nitrogens with one attached hydrogen (secondary N) is 2. The number of benzene rings is 2. The highest BCUT2D eigenvalue weighted by atomic mass is 35.5. The summed E-state index contributed by atoms with van der Waals surface area (Å²) in [6.45, 7) is 2.29. The molecule has 0 radical (unpaired) electrons. The first-order chi connectivity index (χ1) is 17.3. The van der Waals surface area contributed by atoms with E-state index in [1.807, 2.05) is 37.3 Å². The Morgan fingerprint density at radius 1 is 1.11 bits per heavy atom. The van der Waals surface area contributed by atoms with Gasteiger partial charge in [-0.25, -0.2) is 0 Å². The Labute approximate surface area is 215 Å². The van der Waals surface area contributed by atoms with Crippen molar-refractivity contribution in [3.8, 4) is 0 Å². The maximum absolute atomic E-state index is 13.8. The van der Waals surface area contributed by atoms with Gasteiger partial charge in [0, 0.05) is 30.4 Å². The van der Waals surface area contributed by atoms with Crippen LogP contribution in [-0.2, 0) is 25.7 Å². The van der Waals surface area contributed by atoms with Crippen LogP contribution >= 0.6 is 11.6 Å². The number of anilines is 1. The molecule has 0 aromatic heterocycles. The van der Waals surface area contributed by atoms with Crippen molar-refractivity contribution >= 4 is 35.0 Å². The molecule has 3 amide bonds. The molecule has 1 spiro atoms. The molecule has 2 aromatic carbocycles. The monoisotopic (exact) mass is 511 g/mol. The minimum Gasteiger partial charge on any atom is -0.396 e. The number of aliphatic hydroxyl groups excluding tert-OH is 1. The molecule has 3 aliphatic rings. The second-order valence-electron chi connectivity index (χ2n) is 10.0. The van der Waals surface area contributed by atoms with Crippen LogP contribution in [0, 0.1) is 11.8 Å². The summed E-state index contributed by atoms with van der Waals surface area (Å²) in [6, 6.07) is 15.4. The van der Waals surface area contributed by atoms with Crippen molar-refractivity contribution in [2.24, 2.45) is 11.8 Å². The number of carbonyl (C=O) groups is 3. The number of hydrogen-bond acceptors (Lipinski definition) is 5. The zero-order valence-electron chi connectivity index (χ0n) is 20.1. The first-order valence-corrected chi connectivity index (χ1v) is 12.7. The van der Waals surface area contributed by atoms with Crippen molar-refractivity contribution in [1.82, 2.24) is 10.2 Å². The molecule has 2 unspecified atom stereocenters. The van der Waals surface area contributed by atoms with E-state index >= 15 is 0 Å². The van der Waals surface area contributed by atoms with Gasteiger partial charge in [-0.15, -0.1) is 0 Å². The topological polar surface area (TPSA) is 108 Å². The van der Waals surface area contributed by atoms with Crippen molar-refractivity contribution in [2.75, 3.05) is 18.5 Å². The molecule has 2 bridgehead atoms. The third kappa shape index (κ3) is 4.07. The Kier molecular flexibility index (Phi) is 6.53. The molecule has 0 aliphatic carbocycles. The molecular weight excluding hydrogens is 482 g/mol. The summed E-state index contributed by atoms with van der Waals surface area (Å²) >= 11 is 5.98. The Morgan fingerprint density at radius 2 is 1.83 bits per heavy atom. The lowest BCUT2D eigenvalue weighted by molar-refractivity contribution is -0.144. The lowest BCUT2D eigenvalue weighted by Crippen LogP contribution is -2.53. The average Bonchev–Trinajstić information content (AvgIpc) is 3.44. The number of fused-ring (bicyclic) bond motifs is 1. The molecule has 9 heteroatoms. The normalized spacial score (nSPS) is 30.4. The molecule has 3 saturated heterocycles. The molecular formula is C27H30ClN3O5. The summed E-state index contributed by atoms with van der Waals surface area (Å²) in [5.41, 5.74) is -0.442. The van der Waals surface area contributed by atoms with Crippen LogP contribution in [0.15, 0.2) is 54.6 Å².